The first kappa shape index (κ1) is 11.1. The van der Waals surface area contributed by atoms with Gasteiger partial charge in [0.15, 0.2) is 0 Å². The summed E-state index contributed by atoms with van der Waals surface area (Å²) in [5.74, 6) is 0.283. The largest absolute Gasteiger partial charge is 0.394 e. The fourth-order valence-corrected chi connectivity index (χ4v) is 1.85. The number of H-pyrrole nitrogens is 1. The Balaban J connectivity index is 2.23. The maximum absolute atomic E-state index is 11.6. The van der Waals surface area contributed by atoms with Crippen molar-refractivity contribution in [2.24, 2.45) is 0 Å². The van der Waals surface area contributed by atoms with Gasteiger partial charge in [0.2, 0.25) is 0 Å². The molecule has 0 saturated carbocycles. The molecule has 0 radical (unpaired) electrons. The van der Waals surface area contributed by atoms with E-state index in [-0.39, 0.29) is 18.0 Å². The van der Waals surface area contributed by atoms with E-state index in [0.717, 1.165) is 0 Å². The van der Waals surface area contributed by atoms with Crippen LogP contribution in [0.1, 0.15) is 18.1 Å². The number of aromatic nitrogens is 1. The van der Waals surface area contributed by atoms with Gasteiger partial charge in [-0.15, -0.1) is 0 Å². The molecule has 0 bridgehead atoms. The summed E-state index contributed by atoms with van der Waals surface area (Å²) in [6, 6.07) is 3.14. The minimum atomic E-state index is -0.744. The van der Waals surface area contributed by atoms with Crippen LogP contribution in [0.15, 0.2) is 16.9 Å². The summed E-state index contributed by atoms with van der Waals surface area (Å²) in [5, 5.41) is 18.5. The zero-order valence-electron chi connectivity index (χ0n) is 8.59. The molecule has 6 heteroatoms. The van der Waals surface area contributed by atoms with E-state index in [1.807, 2.05) is 0 Å². The predicted molar refractivity (Wildman–Crippen MR) is 56.8 cm³/mol. The van der Waals surface area contributed by atoms with E-state index in [0.29, 0.717) is 12.0 Å². The number of aliphatic hydroxyl groups excluding tert-OH is 2. The molecule has 5 N–H and O–H groups in total. The molecule has 1 aliphatic rings. The van der Waals surface area contributed by atoms with Crippen LogP contribution in [0.25, 0.3) is 0 Å². The van der Waals surface area contributed by atoms with Crippen molar-refractivity contribution >= 4 is 5.82 Å². The van der Waals surface area contributed by atoms with Crippen LogP contribution in [0.3, 0.4) is 0 Å². The normalized spacial score (nSPS) is 29.5. The molecule has 16 heavy (non-hydrogen) atoms. The Morgan fingerprint density at radius 3 is 2.88 bits per heavy atom. The number of nitrogen functional groups attached to an aromatic ring is 1. The molecule has 1 aromatic rings. The van der Waals surface area contributed by atoms with Crippen molar-refractivity contribution in [3.63, 3.8) is 0 Å². The van der Waals surface area contributed by atoms with Crippen LogP contribution < -0.4 is 11.3 Å². The summed E-state index contributed by atoms with van der Waals surface area (Å²) in [6.45, 7) is -0.259. The molecule has 1 aliphatic heterocycles. The molecule has 1 saturated heterocycles. The highest BCUT2D eigenvalue weighted by Crippen LogP contribution is 2.31. The smallest absolute Gasteiger partial charge is 0.255 e. The lowest BCUT2D eigenvalue weighted by Gasteiger charge is -2.11. The Morgan fingerprint density at radius 1 is 1.56 bits per heavy atom. The number of aromatic amines is 1. The molecule has 6 nitrogen and oxygen atoms in total. The summed E-state index contributed by atoms with van der Waals surface area (Å²) in [4.78, 5) is 14.0. The molecule has 0 aromatic carbocycles. The van der Waals surface area contributed by atoms with Crippen molar-refractivity contribution in [1.29, 1.82) is 0 Å². The zero-order chi connectivity index (χ0) is 11.7. The monoisotopic (exact) mass is 226 g/mol. The maximum Gasteiger partial charge on any atom is 0.255 e. The molecular formula is C10H14N2O4. The highest BCUT2D eigenvalue weighted by Gasteiger charge is 2.35. The number of pyridine rings is 1. The Kier molecular flexibility index (Phi) is 2.95. The van der Waals surface area contributed by atoms with Crippen molar-refractivity contribution in [1.82, 2.24) is 4.98 Å². The SMILES string of the molecule is Nc1ccc([C@H]2CC(O)[C@@H](CO)O2)c(=O)[nH]1. The molecule has 1 fully saturated rings. The topological polar surface area (TPSA) is 109 Å². The van der Waals surface area contributed by atoms with E-state index in [1.54, 1.807) is 12.1 Å². The van der Waals surface area contributed by atoms with Crippen LogP contribution in [0.2, 0.25) is 0 Å². The third kappa shape index (κ3) is 1.95. The number of rotatable bonds is 2. The summed E-state index contributed by atoms with van der Waals surface area (Å²) in [5.41, 5.74) is 5.52. The first-order chi connectivity index (χ1) is 7.61. The van der Waals surface area contributed by atoms with Crippen molar-refractivity contribution in [3.05, 3.63) is 28.0 Å². The van der Waals surface area contributed by atoms with Crippen LogP contribution in [-0.2, 0) is 4.74 Å². The van der Waals surface area contributed by atoms with Gasteiger partial charge in [0.25, 0.3) is 5.56 Å². The highest BCUT2D eigenvalue weighted by molar-refractivity contribution is 5.30. The Hall–Kier alpha value is -1.37. The number of hydrogen-bond acceptors (Lipinski definition) is 5. The molecule has 1 unspecified atom stereocenters. The highest BCUT2D eigenvalue weighted by atomic mass is 16.5. The van der Waals surface area contributed by atoms with Crippen molar-refractivity contribution < 1.29 is 14.9 Å². The third-order valence-electron chi connectivity index (χ3n) is 2.71. The molecule has 2 rings (SSSR count). The van der Waals surface area contributed by atoms with Crippen molar-refractivity contribution in [2.75, 3.05) is 12.3 Å². The van der Waals surface area contributed by atoms with Gasteiger partial charge in [-0.2, -0.15) is 0 Å². The fourth-order valence-electron chi connectivity index (χ4n) is 1.85. The standard InChI is InChI=1S/C10H14N2O4/c11-9-2-1-5(10(15)12-9)7-3-6(14)8(4-13)16-7/h1-2,6-8,13-14H,3-4H2,(H3,11,12,15)/t6?,7-,8-/m1/s1. The van der Waals surface area contributed by atoms with Gasteiger partial charge in [-0.05, 0) is 12.1 Å². The lowest BCUT2D eigenvalue weighted by molar-refractivity contribution is -0.0228. The molecule has 2 heterocycles. The summed E-state index contributed by atoms with van der Waals surface area (Å²) >= 11 is 0. The number of nitrogens with two attached hydrogens (primary N) is 1. The Morgan fingerprint density at radius 2 is 2.31 bits per heavy atom. The molecule has 0 spiro atoms. The van der Waals surface area contributed by atoms with Gasteiger partial charge in [0.05, 0.1) is 18.8 Å². The average Bonchev–Trinajstić information content (AvgIpc) is 2.59. The Bertz CT molecular complexity index is 431. The first-order valence-corrected chi connectivity index (χ1v) is 5.05. The lowest BCUT2D eigenvalue weighted by atomic mass is 10.1. The minimum absolute atomic E-state index is 0.259. The minimum Gasteiger partial charge on any atom is -0.394 e. The van der Waals surface area contributed by atoms with E-state index in [2.05, 4.69) is 4.98 Å². The van der Waals surface area contributed by atoms with Gasteiger partial charge < -0.3 is 25.7 Å². The van der Waals surface area contributed by atoms with Gasteiger partial charge in [-0.1, -0.05) is 0 Å². The summed E-state index contributed by atoms with van der Waals surface area (Å²) < 4.78 is 5.37. The van der Waals surface area contributed by atoms with E-state index < -0.39 is 18.3 Å². The number of aliphatic hydroxyl groups is 2. The maximum atomic E-state index is 11.6. The number of ether oxygens (including phenoxy) is 1. The van der Waals surface area contributed by atoms with Gasteiger partial charge in [-0.3, -0.25) is 4.79 Å². The van der Waals surface area contributed by atoms with Crippen LogP contribution >= 0.6 is 0 Å². The van der Waals surface area contributed by atoms with Crippen molar-refractivity contribution in [3.8, 4) is 0 Å². The third-order valence-corrected chi connectivity index (χ3v) is 2.71. The molecule has 0 amide bonds. The Labute approximate surface area is 91.7 Å². The zero-order valence-corrected chi connectivity index (χ0v) is 8.59. The van der Waals surface area contributed by atoms with Crippen LogP contribution in [-0.4, -0.2) is 34.0 Å². The van der Waals surface area contributed by atoms with E-state index in [4.69, 9.17) is 15.6 Å². The van der Waals surface area contributed by atoms with Crippen LogP contribution in [0, 0.1) is 0 Å². The molecule has 3 atom stereocenters. The second kappa shape index (κ2) is 4.25. The number of hydrogen-bond donors (Lipinski definition) is 4. The molecular weight excluding hydrogens is 212 g/mol. The van der Waals surface area contributed by atoms with Crippen molar-refractivity contribution in [2.45, 2.75) is 24.7 Å². The van der Waals surface area contributed by atoms with E-state index >= 15 is 0 Å². The van der Waals surface area contributed by atoms with Crippen LogP contribution in [0.5, 0.6) is 0 Å². The quantitative estimate of drug-likeness (QED) is 0.524. The number of nitrogens with one attached hydrogen (secondary N) is 1. The fraction of sp³-hybridized carbons (Fsp3) is 0.500. The van der Waals surface area contributed by atoms with Gasteiger partial charge in [0, 0.05) is 12.0 Å². The van der Waals surface area contributed by atoms with Gasteiger partial charge in [0.1, 0.15) is 11.9 Å². The second-order valence-electron chi connectivity index (χ2n) is 3.85. The summed E-state index contributed by atoms with van der Waals surface area (Å²) in [6.07, 6.45) is -1.55. The van der Waals surface area contributed by atoms with Crippen LogP contribution in [0.4, 0.5) is 5.82 Å². The molecule has 0 aliphatic carbocycles. The van der Waals surface area contributed by atoms with E-state index in [1.165, 1.54) is 0 Å². The number of anilines is 1. The van der Waals surface area contributed by atoms with E-state index in [9.17, 15) is 9.90 Å². The lowest BCUT2D eigenvalue weighted by Crippen LogP contribution is -2.24. The first-order valence-electron chi connectivity index (χ1n) is 5.05. The molecule has 88 valence electrons. The second-order valence-corrected chi connectivity index (χ2v) is 3.85. The van der Waals surface area contributed by atoms with Gasteiger partial charge >= 0.3 is 0 Å². The predicted octanol–water partition coefficient (Wildman–Crippen LogP) is -0.860. The summed E-state index contributed by atoms with van der Waals surface area (Å²) in [7, 11) is 0. The van der Waals surface area contributed by atoms with Gasteiger partial charge in [-0.25, -0.2) is 0 Å². The average molecular weight is 226 g/mol. The molecule has 1 aromatic heterocycles.